The number of aliphatic hydroxyl groups excluding tert-OH is 1. The maximum Gasteiger partial charge on any atom is 0.246 e. The standard InChI is InChI=1S/C16H29N3O5.C8H17N.C3H8/c1-12(2)14(19(4)15(22)10-17-11-21)9-13(3)16(23)18-5-7-24-8-6-20;1-8(2)9-6-4-3-5-7-9;1-3-2/h9,11-12,14,20H,5-8,10H2,1-4H3,(H,17,21)(H,18,23);8H,3-7H2,1-2H3;3H2,1-2H3/b13-9+;;/t14-;;/m1../s1. The molecule has 0 aromatic rings. The van der Waals surface area contributed by atoms with E-state index in [2.05, 4.69) is 43.2 Å². The number of ether oxygens (including phenoxy) is 1. The number of nitrogens with one attached hydrogen (secondary N) is 2. The third kappa shape index (κ3) is 18.3. The number of carbonyl (C=O) groups excluding carboxylic acids is 3. The van der Waals surface area contributed by atoms with Crippen molar-refractivity contribution >= 4 is 18.2 Å². The van der Waals surface area contributed by atoms with Gasteiger partial charge in [0.1, 0.15) is 0 Å². The van der Waals surface area contributed by atoms with Gasteiger partial charge in [-0.1, -0.05) is 46.6 Å². The molecule has 9 nitrogen and oxygen atoms in total. The molecule has 0 aromatic heterocycles. The van der Waals surface area contributed by atoms with Crippen molar-refractivity contribution in [3.63, 3.8) is 0 Å². The molecule has 0 saturated carbocycles. The van der Waals surface area contributed by atoms with Gasteiger partial charge in [0, 0.05) is 25.2 Å². The summed E-state index contributed by atoms with van der Waals surface area (Å²) in [4.78, 5) is 38.4. The van der Waals surface area contributed by atoms with Crippen molar-refractivity contribution in [3.8, 4) is 0 Å². The Balaban J connectivity index is 0. The summed E-state index contributed by atoms with van der Waals surface area (Å²) in [7, 11) is 1.64. The number of hydrogen-bond donors (Lipinski definition) is 3. The SMILES string of the molecule is C/C(=C\[C@H](C(C)C)N(C)C(=O)CNC=O)C(=O)NCCOCCO.CC(C)N1CCCCC1.CCC. The Bertz CT molecular complexity index is 605. The predicted octanol–water partition coefficient (Wildman–Crippen LogP) is 2.58. The minimum absolute atomic E-state index is 0.0533. The van der Waals surface area contributed by atoms with Crippen molar-refractivity contribution in [3.05, 3.63) is 11.6 Å². The lowest BCUT2D eigenvalue weighted by Gasteiger charge is -2.29. The molecule has 0 bridgehead atoms. The number of amides is 3. The lowest BCUT2D eigenvalue weighted by Crippen LogP contribution is -2.43. The zero-order valence-electron chi connectivity index (χ0n) is 24.1. The zero-order valence-corrected chi connectivity index (χ0v) is 24.1. The maximum absolute atomic E-state index is 12.1. The van der Waals surface area contributed by atoms with E-state index < -0.39 is 0 Å². The van der Waals surface area contributed by atoms with Crippen LogP contribution in [0, 0.1) is 5.92 Å². The highest BCUT2D eigenvalue weighted by Crippen LogP contribution is 2.13. The van der Waals surface area contributed by atoms with Gasteiger partial charge >= 0.3 is 0 Å². The Morgan fingerprint density at radius 3 is 2.11 bits per heavy atom. The van der Waals surface area contributed by atoms with Gasteiger partial charge in [0.15, 0.2) is 0 Å². The molecule has 1 fully saturated rings. The molecule has 1 rings (SSSR count). The highest BCUT2D eigenvalue weighted by molar-refractivity contribution is 5.93. The number of carbonyl (C=O) groups is 3. The van der Waals surface area contributed by atoms with E-state index in [1.807, 2.05) is 13.8 Å². The highest BCUT2D eigenvalue weighted by atomic mass is 16.5. The molecule has 1 heterocycles. The molecule has 1 aliphatic rings. The molecule has 212 valence electrons. The van der Waals surface area contributed by atoms with Crippen molar-refractivity contribution in [1.82, 2.24) is 20.4 Å². The Labute approximate surface area is 220 Å². The van der Waals surface area contributed by atoms with Crippen LogP contribution < -0.4 is 10.6 Å². The van der Waals surface area contributed by atoms with E-state index in [-0.39, 0.29) is 43.5 Å². The van der Waals surface area contributed by atoms with E-state index in [0.717, 1.165) is 6.04 Å². The quantitative estimate of drug-likeness (QED) is 0.198. The van der Waals surface area contributed by atoms with Crippen LogP contribution in [0.3, 0.4) is 0 Å². The second-order valence-corrected chi connectivity index (χ2v) is 9.58. The average molecular weight is 515 g/mol. The van der Waals surface area contributed by atoms with Gasteiger partial charge in [-0.25, -0.2) is 0 Å². The van der Waals surface area contributed by atoms with Crippen LogP contribution in [0.1, 0.15) is 74.1 Å². The normalized spacial score (nSPS) is 14.7. The van der Waals surface area contributed by atoms with Gasteiger partial charge in [-0.15, -0.1) is 0 Å². The fraction of sp³-hybridized carbons (Fsp3) is 0.815. The summed E-state index contributed by atoms with van der Waals surface area (Å²) in [5, 5.41) is 13.6. The molecule has 1 aliphatic heterocycles. The fourth-order valence-electron chi connectivity index (χ4n) is 3.48. The number of aliphatic hydroxyl groups is 1. The Morgan fingerprint density at radius 1 is 1.08 bits per heavy atom. The number of piperidine rings is 1. The van der Waals surface area contributed by atoms with Crippen molar-refractivity contribution in [1.29, 1.82) is 0 Å². The van der Waals surface area contributed by atoms with Crippen LogP contribution in [0.25, 0.3) is 0 Å². The zero-order chi connectivity index (χ0) is 27.9. The van der Waals surface area contributed by atoms with Gasteiger partial charge in [0.25, 0.3) is 0 Å². The first-order chi connectivity index (χ1) is 17.1. The molecule has 0 radical (unpaired) electrons. The van der Waals surface area contributed by atoms with Crippen molar-refractivity contribution in [2.24, 2.45) is 5.92 Å². The van der Waals surface area contributed by atoms with Crippen LogP contribution in [0.5, 0.6) is 0 Å². The molecule has 0 unspecified atom stereocenters. The molecule has 0 aliphatic carbocycles. The Morgan fingerprint density at radius 2 is 1.67 bits per heavy atom. The van der Waals surface area contributed by atoms with Gasteiger partial charge in [-0.3, -0.25) is 14.4 Å². The number of likely N-dealkylation sites (tertiary alicyclic amines) is 1. The van der Waals surface area contributed by atoms with Gasteiger partial charge in [0.05, 0.1) is 32.4 Å². The minimum atomic E-state index is -0.262. The maximum atomic E-state index is 12.1. The van der Waals surface area contributed by atoms with Gasteiger partial charge in [0.2, 0.25) is 18.2 Å². The van der Waals surface area contributed by atoms with E-state index in [4.69, 9.17) is 9.84 Å². The monoisotopic (exact) mass is 514 g/mol. The van der Waals surface area contributed by atoms with Crippen molar-refractivity contribution in [2.75, 3.05) is 53.0 Å². The molecular weight excluding hydrogens is 460 g/mol. The summed E-state index contributed by atoms with van der Waals surface area (Å²) in [5.41, 5.74) is 0.499. The highest BCUT2D eigenvalue weighted by Gasteiger charge is 2.22. The molecule has 1 atom stereocenters. The van der Waals surface area contributed by atoms with Crippen LogP contribution in [0.2, 0.25) is 0 Å². The number of hydrogen-bond acceptors (Lipinski definition) is 6. The summed E-state index contributed by atoms with van der Waals surface area (Å²) < 4.78 is 5.07. The number of rotatable bonds is 13. The van der Waals surface area contributed by atoms with Gasteiger partial charge in [-0.05, 0) is 52.6 Å². The molecular formula is C27H54N4O5. The van der Waals surface area contributed by atoms with E-state index in [0.29, 0.717) is 25.1 Å². The summed E-state index contributed by atoms with van der Waals surface area (Å²) in [5.74, 6) is -0.367. The lowest BCUT2D eigenvalue weighted by molar-refractivity contribution is -0.132. The van der Waals surface area contributed by atoms with Gasteiger partial charge in [-0.2, -0.15) is 0 Å². The summed E-state index contributed by atoms with van der Waals surface area (Å²) in [6.07, 6.45) is 7.75. The van der Waals surface area contributed by atoms with E-state index in [1.54, 1.807) is 20.0 Å². The smallest absolute Gasteiger partial charge is 0.246 e. The Hall–Kier alpha value is -1.97. The molecule has 36 heavy (non-hydrogen) atoms. The number of likely N-dealkylation sites (N-methyl/N-ethyl adjacent to an activating group) is 1. The van der Waals surface area contributed by atoms with Crippen LogP contribution in [0.4, 0.5) is 0 Å². The van der Waals surface area contributed by atoms with Gasteiger partial charge < -0.3 is 30.3 Å². The molecule has 0 spiro atoms. The van der Waals surface area contributed by atoms with E-state index in [9.17, 15) is 14.4 Å². The molecule has 3 N–H and O–H groups in total. The average Bonchev–Trinajstić information content (AvgIpc) is 2.86. The second-order valence-electron chi connectivity index (χ2n) is 9.58. The molecule has 0 aromatic carbocycles. The summed E-state index contributed by atoms with van der Waals surface area (Å²) in [6, 6.07) is 0.507. The van der Waals surface area contributed by atoms with Crippen LogP contribution in [-0.4, -0.2) is 98.3 Å². The predicted molar refractivity (Wildman–Crippen MR) is 147 cm³/mol. The molecule has 9 heteroatoms. The third-order valence-electron chi connectivity index (χ3n) is 5.53. The molecule has 1 saturated heterocycles. The first-order valence-electron chi connectivity index (χ1n) is 13.4. The Kier molecular flexibility index (Phi) is 23.6. The third-order valence-corrected chi connectivity index (χ3v) is 5.53. The fourth-order valence-corrected chi connectivity index (χ4v) is 3.48. The number of nitrogens with zero attached hydrogens (tertiary/aromatic N) is 2. The first kappa shape index (κ1) is 36.2. The largest absolute Gasteiger partial charge is 0.394 e. The van der Waals surface area contributed by atoms with Crippen LogP contribution >= 0.6 is 0 Å². The van der Waals surface area contributed by atoms with Crippen molar-refractivity contribution in [2.45, 2.75) is 86.2 Å². The minimum Gasteiger partial charge on any atom is -0.394 e. The summed E-state index contributed by atoms with van der Waals surface area (Å²) >= 11 is 0. The van der Waals surface area contributed by atoms with Crippen LogP contribution in [0.15, 0.2) is 11.6 Å². The van der Waals surface area contributed by atoms with E-state index in [1.165, 1.54) is 43.7 Å². The van der Waals surface area contributed by atoms with Crippen LogP contribution in [-0.2, 0) is 19.1 Å². The lowest BCUT2D eigenvalue weighted by atomic mass is 10.00. The molecule has 3 amide bonds. The van der Waals surface area contributed by atoms with Crippen molar-refractivity contribution < 1.29 is 24.2 Å². The first-order valence-corrected chi connectivity index (χ1v) is 13.4. The second kappa shape index (κ2) is 23.4. The van der Waals surface area contributed by atoms with E-state index >= 15 is 0 Å². The summed E-state index contributed by atoms with van der Waals surface area (Å²) in [6.45, 7) is 17.8. The topological polar surface area (TPSA) is 111 Å².